The van der Waals surface area contributed by atoms with Crippen LogP contribution in [0.5, 0.6) is 0 Å². The molecule has 0 rings (SSSR count). The Bertz CT molecular complexity index is 1410. The number of carbonyl (C=O) groups is 3. The highest BCUT2D eigenvalue weighted by molar-refractivity contribution is 5.71. The van der Waals surface area contributed by atoms with Crippen molar-refractivity contribution in [2.45, 2.75) is 284 Å². The fraction of sp³-hybridized carbons (Fsp3) is 0.708. The molecular formula is C65H110O6. The number of esters is 3. The Balaban J connectivity index is 4.34. The smallest absolute Gasteiger partial charge is 0.306 e. The van der Waals surface area contributed by atoms with Crippen LogP contribution in [0.1, 0.15) is 278 Å². The lowest BCUT2D eigenvalue weighted by molar-refractivity contribution is -0.167. The number of ether oxygens (including phenoxy) is 3. The van der Waals surface area contributed by atoms with Crippen LogP contribution in [0.15, 0.2) is 97.2 Å². The predicted octanol–water partition coefficient (Wildman–Crippen LogP) is 20.1. The average molecular weight is 988 g/mol. The fourth-order valence-corrected chi connectivity index (χ4v) is 8.07. The van der Waals surface area contributed by atoms with Gasteiger partial charge in [-0.05, 0) is 116 Å². The van der Waals surface area contributed by atoms with E-state index < -0.39 is 6.10 Å². The van der Waals surface area contributed by atoms with Crippen LogP contribution in [-0.4, -0.2) is 37.2 Å². The molecule has 0 amide bonds. The quantitative estimate of drug-likeness (QED) is 0.0261. The third-order valence-electron chi connectivity index (χ3n) is 12.5. The van der Waals surface area contributed by atoms with Crippen molar-refractivity contribution in [1.29, 1.82) is 0 Å². The molecule has 406 valence electrons. The summed E-state index contributed by atoms with van der Waals surface area (Å²) in [7, 11) is 0. The van der Waals surface area contributed by atoms with Crippen LogP contribution in [0.2, 0.25) is 0 Å². The van der Waals surface area contributed by atoms with Gasteiger partial charge in [-0.2, -0.15) is 0 Å². The molecule has 0 fully saturated rings. The van der Waals surface area contributed by atoms with Crippen LogP contribution in [0.25, 0.3) is 0 Å². The van der Waals surface area contributed by atoms with Crippen LogP contribution in [0.3, 0.4) is 0 Å². The molecule has 0 radical (unpaired) electrons. The van der Waals surface area contributed by atoms with E-state index >= 15 is 0 Å². The zero-order chi connectivity index (χ0) is 51.4. The Hall–Kier alpha value is -3.67. The van der Waals surface area contributed by atoms with E-state index in [1.165, 1.54) is 109 Å². The van der Waals surface area contributed by atoms with E-state index in [0.29, 0.717) is 19.3 Å². The third kappa shape index (κ3) is 57.1. The van der Waals surface area contributed by atoms with Crippen molar-refractivity contribution in [2.24, 2.45) is 0 Å². The van der Waals surface area contributed by atoms with Crippen molar-refractivity contribution < 1.29 is 28.6 Å². The Morgan fingerprint density at radius 2 is 0.563 bits per heavy atom. The van der Waals surface area contributed by atoms with Crippen LogP contribution < -0.4 is 0 Å². The minimum Gasteiger partial charge on any atom is -0.462 e. The fourth-order valence-electron chi connectivity index (χ4n) is 8.07. The van der Waals surface area contributed by atoms with Crippen molar-refractivity contribution in [2.75, 3.05) is 13.2 Å². The van der Waals surface area contributed by atoms with Gasteiger partial charge in [0.25, 0.3) is 0 Å². The van der Waals surface area contributed by atoms with Gasteiger partial charge in [0.2, 0.25) is 0 Å². The van der Waals surface area contributed by atoms with E-state index in [0.717, 1.165) is 128 Å². The van der Waals surface area contributed by atoms with E-state index in [1.54, 1.807) is 0 Å². The maximum atomic E-state index is 12.8. The molecule has 1 unspecified atom stereocenters. The largest absolute Gasteiger partial charge is 0.462 e. The molecule has 6 nitrogen and oxygen atoms in total. The van der Waals surface area contributed by atoms with Crippen molar-refractivity contribution in [3.8, 4) is 0 Å². The maximum absolute atomic E-state index is 12.8. The van der Waals surface area contributed by atoms with Gasteiger partial charge in [0.05, 0.1) is 0 Å². The second kappa shape index (κ2) is 58.9. The van der Waals surface area contributed by atoms with Gasteiger partial charge in [-0.1, -0.05) is 240 Å². The molecule has 0 saturated heterocycles. The first kappa shape index (κ1) is 67.3. The van der Waals surface area contributed by atoms with E-state index in [1.807, 2.05) is 0 Å². The highest BCUT2D eigenvalue weighted by Gasteiger charge is 2.19. The molecule has 0 aliphatic carbocycles. The summed E-state index contributed by atoms with van der Waals surface area (Å²) in [5.74, 6) is -0.913. The van der Waals surface area contributed by atoms with Crippen molar-refractivity contribution >= 4 is 17.9 Å². The molecule has 0 aliphatic heterocycles. The van der Waals surface area contributed by atoms with E-state index in [4.69, 9.17) is 14.2 Å². The van der Waals surface area contributed by atoms with Gasteiger partial charge >= 0.3 is 17.9 Å². The predicted molar refractivity (Wildman–Crippen MR) is 307 cm³/mol. The Morgan fingerprint density at radius 1 is 0.296 bits per heavy atom. The molecule has 0 aliphatic rings. The Labute approximate surface area is 438 Å². The summed E-state index contributed by atoms with van der Waals surface area (Å²) in [6.45, 7) is 6.46. The third-order valence-corrected chi connectivity index (χ3v) is 12.5. The molecule has 6 heteroatoms. The zero-order valence-corrected chi connectivity index (χ0v) is 46.5. The number of rotatable bonds is 53. The van der Waals surface area contributed by atoms with E-state index in [2.05, 4.69) is 118 Å². The number of allylic oxidation sites excluding steroid dienone is 16. The summed E-state index contributed by atoms with van der Waals surface area (Å²) < 4.78 is 16.9. The first-order chi connectivity index (χ1) is 35.0. The SMILES string of the molecule is CC/C=C\C/C=C\C/C=C\C/C=C\C/C=C\CCCCCCCCCCCC(=O)OCC(COC(=O)CCCCCCC/C=C\CCCCCCC)OC(=O)CCCCCCC/C=C\C/C=C\CCCC. The zero-order valence-electron chi connectivity index (χ0n) is 46.5. The molecule has 1 atom stereocenters. The van der Waals surface area contributed by atoms with Gasteiger partial charge in [-0.3, -0.25) is 14.4 Å². The highest BCUT2D eigenvalue weighted by Crippen LogP contribution is 2.15. The Kier molecular flexibility index (Phi) is 55.9. The lowest BCUT2D eigenvalue weighted by Crippen LogP contribution is -2.30. The monoisotopic (exact) mass is 987 g/mol. The number of hydrogen-bond acceptors (Lipinski definition) is 6. The molecule has 0 aromatic rings. The van der Waals surface area contributed by atoms with Gasteiger partial charge in [-0.25, -0.2) is 0 Å². The molecule has 0 aromatic heterocycles. The molecule has 0 spiro atoms. The van der Waals surface area contributed by atoms with Gasteiger partial charge in [0.15, 0.2) is 6.10 Å². The number of carbonyl (C=O) groups excluding carboxylic acids is 3. The summed E-state index contributed by atoms with van der Waals surface area (Å²) >= 11 is 0. The summed E-state index contributed by atoms with van der Waals surface area (Å²) in [6, 6.07) is 0. The minimum absolute atomic E-state index is 0.0890. The van der Waals surface area contributed by atoms with E-state index in [9.17, 15) is 14.4 Å². The van der Waals surface area contributed by atoms with Crippen LogP contribution in [-0.2, 0) is 28.6 Å². The highest BCUT2D eigenvalue weighted by atomic mass is 16.6. The summed E-state index contributed by atoms with van der Waals surface area (Å²) in [4.78, 5) is 38.2. The van der Waals surface area contributed by atoms with Crippen molar-refractivity contribution in [3.63, 3.8) is 0 Å². The Morgan fingerprint density at radius 3 is 0.915 bits per heavy atom. The number of hydrogen-bond donors (Lipinski definition) is 0. The molecular weight excluding hydrogens is 877 g/mol. The molecule has 0 N–H and O–H groups in total. The van der Waals surface area contributed by atoms with Crippen molar-refractivity contribution in [3.05, 3.63) is 97.2 Å². The lowest BCUT2D eigenvalue weighted by atomic mass is 10.1. The van der Waals surface area contributed by atoms with E-state index in [-0.39, 0.29) is 31.1 Å². The second-order valence-electron chi connectivity index (χ2n) is 19.5. The molecule has 71 heavy (non-hydrogen) atoms. The van der Waals surface area contributed by atoms with Gasteiger partial charge in [0.1, 0.15) is 13.2 Å². The topological polar surface area (TPSA) is 78.9 Å². The normalized spacial score (nSPS) is 12.8. The average Bonchev–Trinajstić information content (AvgIpc) is 3.37. The van der Waals surface area contributed by atoms with Gasteiger partial charge in [0, 0.05) is 19.3 Å². The summed E-state index contributed by atoms with van der Waals surface area (Å²) in [5, 5.41) is 0. The molecule has 0 heterocycles. The standard InChI is InChI=1S/C65H110O6/c1-4-7-10-13-16-19-22-25-28-29-30-31-32-33-34-35-36-37-38-41-43-46-49-52-55-58-64(67)70-61-62(71-65(68)59-56-53-50-47-44-40-27-24-21-18-15-12-9-6-3)60-69-63(66)57-54-51-48-45-42-39-26-23-20-17-14-11-8-5-2/h7,10,15-16,18-19,23-28,30-31,33-34,62H,4-6,8-9,11-14,17,20-22,29,32,35-61H2,1-3H3/b10-7-,18-15-,19-16-,26-23-,27-24-,28-25-,31-30-,34-33-. The van der Waals surface area contributed by atoms with Gasteiger partial charge < -0.3 is 14.2 Å². The maximum Gasteiger partial charge on any atom is 0.306 e. The van der Waals surface area contributed by atoms with Crippen LogP contribution in [0.4, 0.5) is 0 Å². The number of unbranched alkanes of at least 4 members (excludes halogenated alkanes) is 26. The van der Waals surface area contributed by atoms with Crippen LogP contribution >= 0.6 is 0 Å². The minimum atomic E-state index is -0.791. The summed E-state index contributed by atoms with van der Waals surface area (Å²) in [5.41, 5.74) is 0. The molecule has 0 saturated carbocycles. The second-order valence-corrected chi connectivity index (χ2v) is 19.5. The molecule has 0 bridgehead atoms. The van der Waals surface area contributed by atoms with Crippen molar-refractivity contribution in [1.82, 2.24) is 0 Å². The van der Waals surface area contributed by atoms with Gasteiger partial charge in [-0.15, -0.1) is 0 Å². The summed E-state index contributed by atoms with van der Waals surface area (Å²) in [6.07, 6.45) is 78.3. The van der Waals surface area contributed by atoms with Crippen LogP contribution in [0, 0.1) is 0 Å². The first-order valence-corrected chi connectivity index (χ1v) is 29.7. The lowest BCUT2D eigenvalue weighted by Gasteiger charge is -2.18. The molecule has 0 aromatic carbocycles. The first-order valence-electron chi connectivity index (χ1n) is 29.7.